The molecule has 1 unspecified atom stereocenters. The molecule has 1 N–H and O–H groups in total. The largest absolute Gasteiger partial charge is 0.336 e. The Bertz CT molecular complexity index is 658. The summed E-state index contributed by atoms with van der Waals surface area (Å²) < 4.78 is 1.95. The molecule has 8 heteroatoms. The summed E-state index contributed by atoms with van der Waals surface area (Å²) in [6.07, 6.45) is 6.69. The number of aryl methyl sites for hydroxylation is 2. The van der Waals surface area contributed by atoms with Gasteiger partial charge in [0.2, 0.25) is 0 Å². The van der Waals surface area contributed by atoms with Crippen molar-refractivity contribution in [3.05, 3.63) is 42.0 Å². The van der Waals surface area contributed by atoms with Crippen LogP contribution in [0.4, 0.5) is 0 Å². The number of carbonyl (C=O) groups excluding carboxylic acids is 1. The van der Waals surface area contributed by atoms with Gasteiger partial charge >= 0.3 is 0 Å². The predicted molar refractivity (Wildman–Crippen MR) is 83.9 cm³/mol. The maximum atomic E-state index is 12.8. The molecule has 0 saturated carbocycles. The molecule has 0 spiro atoms. The van der Waals surface area contributed by atoms with Crippen molar-refractivity contribution in [2.24, 2.45) is 7.05 Å². The molecular formula is C14H19ClN6O. The van der Waals surface area contributed by atoms with Gasteiger partial charge in [-0.3, -0.25) is 4.79 Å². The van der Waals surface area contributed by atoms with Crippen LogP contribution >= 0.6 is 12.4 Å². The lowest BCUT2D eigenvalue weighted by molar-refractivity contribution is 0.0619. The van der Waals surface area contributed by atoms with E-state index in [1.54, 1.807) is 12.4 Å². The second kappa shape index (κ2) is 6.85. The molecule has 0 radical (unpaired) electrons. The van der Waals surface area contributed by atoms with E-state index < -0.39 is 0 Å². The lowest BCUT2D eigenvalue weighted by atomic mass is 10.1. The van der Waals surface area contributed by atoms with Gasteiger partial charge in [0.1, 0.15) is 18.2 Å². The summed E-state index contributed by atoms with van der Waals surface area (Å²) in [5.74, 6) is 0.840. The minimum absolute atomic E-state index is 0. The summed E-state index contributed by atoms with van der Waals surface area (Å²) in [4.78, 5) is 27.1. The normalized spacial score (nSPS) is 17.9. The number of imidazole rings is 1. The molecule has 0 bridgehead atoms. The fraction of sp³-hybridized carbons (Fsp3) is 0.429. The van der Waals surface area contributed by atoms with Crippen molar-refractivity contribution in [1.82, 2.24) is 29.7 Å². The molecule has 3 rings (SSSR count). The van der Waals surface area contributed by atoms with Crippen LogP contribution in [-0.4, -0.2) is 50.0 Å². The molecule has 118 valence electrons. The Morgan fingerprint density at radius 2 is 2.23 bits per heavy atom. The van der Waals surface area contributed by atoms with Crippen molar-refractivity contribution < 1.29 is 4.79 Å². The number of hydrogen-bond donors (Lipinski definition) is 1. The lowest BCUT2D eigenvalue weighted by Crippen LogP contribution is -2.49. The van der Waals surface area contributed by atoms with Crippen LogP contribution in [-0.2, 0) is 7.05 Å². The van der Waals surface area contributed by atoms with Crippen LogP contribution in [0.25, 0.3) is 0 Å². The number of aromatic nitrogens is 4. The number of hydrogen-bond acceptors (Lipinski definition) is 5. The second-order valence-electron chi connectivity index (χ2n) is 5.14. The Hall–Kier alpha value is -1.99. The van der Waals surface area contributed by atoms with E-state index in [2.05, 4.69) is 20.3 Å². The van der Waals surface area contributed by atoms with Gasteiger partial charge in [-0.25, -0.2) is 15.0 Å². The fourth-order valence-corrected chi connectivity index (χ4v) is 2.63. The zero-order chi connectivity index (χ0) is 14.8. The van der Waals surface area contributed by atoms with E-state index in [-0.39, 0.29) is 24.4 Å². The van der Waals surface area contributed by atoms with Crippen LogP contribution in [0.3, 0.4) is 0 Å². The highest BCUT2D eigenvalue weighted by Gasteiger charge is 2.31. The fourth-order valence-electron chi connectivity index (χ4n) is 2.63. The Balaban J connectivity index is 0.00000176. The SMILES string of the molecule is Cc1ncncc1C(=O)N1CCNCC1c1nccn1C.Cl. The van der Waals surface area contributed by atoms with Crippen LogP contribution in [0.15, 0.2) is 24.9 Å². The van der Waals surface area contributed by atoms with Gasteiger partial charge in [-0.2, -0.15) is 0 Å². The Morgan fingerprint density at radius 3 is 2.91 bits per heavy atom. The monoisotopic (exact) mass is 322 g/mol. The van der Waals surface area contributed by atoms with Crippen molar-refractivity contribution in [1.29, 1.82) is 0 Å². The van der Waals surface area contributed by atoms with Crippen molar-refractivity contribution in [2.45, 2.75) is 13.0 Å². The van der Waals surface area contributed by atoms with Gasteiger partial charge in [0, 0.05) is 45.3 Å². The van der Waals surface area contributed by atoms with Gasteiger partial charge in [0.25, 0.3) is 5.91 Å². The summed E-state index contributed by atoms with van der Waals surface area (Å²) in [6, 6.07) is -0.0779. The summed E-state index contributed by atoms with van der Waals surface area (Å²) in [5, 5.41) is 3.32. The van der Waals surface area contributed by atoms with Crippen molar-refractivity contribution in [3.8, 4) is 0 Å². The molecule has 3 heterocycles. The Labute approximate surface area is 135 Å². The first-order valence-electron chi connectivity index (χ1n) is 6.94. The number of rotatable bonds is 2. The maximum Gasteiger partial charge on any atom is 0.257 e. The molecule has 2 aromatic heterocycles. The minimum Gasteiger partial charge on any atom is -0.336 e. The Morgan fingerprint density at radius 1 is 1.41 bits per heavy atom. The molecule has 22 heavy (non-hydrogen) atoms. The second-order valence-corrected chi connectivity index (χ2v) is 5.14. The highest BCUT2D eigenvalue weighted by atomic mass is 35.5. The number of carbonyl (C=O) groups is 1. The molecule has 1 amide bonds. The van der Waals surface area contributed by atoms with Crippen LogP contribution in [0.2, 0.25) is 0 Å². The summed E-state index contributed by atoms with van der Waals surface area (Å²) in [7, 11) is 1.94. The summed E-state index contributed by atoms with van der Waals surface area (Å²) in [5.41, 5.74) is 1.26. The number of amides is 1. The van der Waals surface area contributed by atoms with Crippen molar-refractivity contribution in [2.75, 3.05) is 19.6 Å². The number of nitrogens with one attached hydrogen (secondary N) is 1. The van der Waals surface area contributed by atoms with E-state index in [1.165, 1.54) is 6.33 Å². The quantitative estimate of drug-likeness (QED) is 0.882. The van der Waals surface area contributed by atoms with Crippen LogP contribution in [0.5, 0.6) is 0 Å². The van der Waals surface area contributed by atoms with Gasteiger partial charge in [-0.15, -0.1) is 12.4 Å². The van der Waals surface area contributed by atoms with Crippen LogP contribution in [0.1, 0.15) is 27.9 Å². The standard InChI is InChI=1S/C14H18N6O.ClH/c1-10-11(7-16-9-18-10)14(21)20-6-3-15-8-12(20)13-17-4-5-19(13)2;/h4-5,7,9,12,15H,3,6,8H2,1-2H3;1H. The molecule has 7 nitrogen and oxygen atoms in total. The number of nitrogens with zero attached hydrogens (tertiary/aromatic N) is 5. The first kappa shape index (κ1) is 16.4. The third-order valence-electron chi connectivity index (χ3n) is 3.80. The van der Waals surface area contributed by atoms with E-state index in [1.807, 2.05) is 29.6 Å². The van der Waals surface area contributed by atoms with Gasteiger partial charge in [0.05, 0.1) is 11.3 Å². The first-order valence-corrected chi connectivity index (χ1v) is 6.94. The molecule has 0 aliphatic carbocycles. The van der Waals surface area contributed by atoms with Crippen molar-refractivity contribution in [3.63, 3.8) is 0 Å². The topological polar surface area (TPSA) is 75.9 Å². The lowest BCUT2D eigenvalue weighted by Gasteiger charge is -2.35. The summed E-state index contributed by atoms with van der Waals surface area (Å²) >= 11 is 0. The van der Waals surface area contributed by atoms with Gasteiger partial charge in [-0.05, 0) is 6.92 Å². The van der Waals surface area contributed by atoms with Crippen LogP contribution in [0, 0.1) is 6.92 Å². The average molecular weight is 323 g/mol. The highest BCUT2D eigenvalue weighted by Crippen LogP contribution is 2.23. The number of halogens is 1. The van der Waals surface area contributed by atoms with E-state index in [0.29, 0.717) is 24.3 Å². The van der Waals surface area contributed by atoms with Crippen LogP contribution < -0.4 is 5.32 Å². The minimum atomic E-state index is -0.0779. The van der Waals surface area contributed by atoms with E-state index in [9.17, 15) is 4.79 Å². The zero-order valence-electron chi connectivity index (χ0n) is 12.6. The maximum absolute atomic E-state index is 12.8. The highest BCUT2D eigenvalue weighted by molar-refractivity contribution is 5.95. The third kappa shape index (κ3) is 2.95. The average Bonchev–Trinajstić information content (AvgIpc) is 2.93. The summed E-state index contributed by atoms with van der Waals surface area (Å²) in [6.45, 7) is 3.94. The predicted octanol–water partition coefficient (Wildman–Crippen LogP) is 0.727. The Kier molecular flexibility index (Phi) is 5.10. The molecule has 0 aromatic carbocycles. The molecule has 1 aliphatic rings. The molecule has 1 aliphatic heterocycles. The van der Waals surface area contributed by atoms with Crippen molar-refractivity contribution >= 4 is 18.3 Å². The van der Waals surface area contributed by atoms with Gasteiger partial charge < -0.3 is 14.8 Å². The smallest absolute Gasteiger partial charge is 0.257 e. The number of piperazine rings is 1. The third-order valence-corrected chi connectivity index (χ3v) is 3.80. The molecule has 1 fully saturated rings. The van der Waals surface area contributed by atoms with E-state index in [4.69, 9.17) is 0 Å². The molecule has 2 aromatic rings. The van der Waals surface area contributed by atoms with E-state index >= 15 is 0 Å². The molecular weight excluding hydrogens is 304 g/mol. The van der Waals surface area contributed by atoms with E-state index in [0.717, 1.165) is 12.4 Å². The molecule has 1 atom stereocenters. The zero-order valence-corrected chi connectivity index (χ0v) is 13.4. The van der Waals surface area contributed by atoms with Gasteiger partial charge in [-0.1, -0.05) is 0 Å². The molecule has 1 saturated heterocycles. The first-order chi connectivity index (χ1) is 10.2. The van der Waals surface area contributed by atoms with Gasteiger partial charge in [0.15, 0.2) is 0 Å².